The van der Waals surface area contributed by atoms with Gasteiger partial charge in [-0.3, -0.25) is 0 Å². The Labute approximate surface area is 379 Å². The second-order valence-corrected chi connectivity index (χ2v) is 21.3. The Morgan fingerprint density at radius 2 is 0.859 bits per heavy atom. The molecule has 0 aromatic heterocycles. The van der Waals surface area contributed by atoms with E-state index < -0.39 is 5.41 Å². The van der Waals surface area contributed by atoms with Gasteiger partial charge in [0.05, 0.1) is 11.1 Å². The molecule has 0 heterocycles. The molecule has 0 bridgehead atoms. The zero-order chi connectivity index (χ0) is 43.9. The number of allylic oxidation sites excluding steroid dienone is 2. The summed E-state index contributed by atoms with van der Waals surface area (Å²) in [7, 11) is 0. The topological polar surface area (TPSA) is 3.24 Å². The third kappa shape index (κ3) is 5.56. The van der Waals surface area contributed by atoms with Crippen molar-refractivity contribution in [1.82, 2.24) is 0 Å². The lowest BCUT2D eigenvalue weighted by molar-refractivity contribution is 0.586. The van der Waals surface area contributed by atoms with Crippen molar-refractivity contribution in [1.29, 1.82) is 0 Å². The maximum atomic E-state index is 2.56. The van der Waals surface area contributed by atoms with Gasteiger partial charge in [-0.25, -0.2) is 0 Å². The minimum absolute atomic E-state index is 0.0149. The Bertz CT molecular complexity index is 3200. The average Bonchev–Trinajstić information content (AvgIpc) is 4.01. The van der Waals surface area contributed by atoms with Gasteiger partial charge in [0.2, 0.25) is 0 Å². The molecule has 12 rings (SSSR count). The Hall–Kier alpha value is -6.70. The van der Waals surface area contributed by atoms with Crippen LogP contribution in [0.25, 0.3) is 44.5 Å². The maximum absolute atomic E-state index is 2.56. The molecule has 0 N–H and O–H groups in total. The zero-order valence-corrected chi connectivity index (χ0v) is 38.3. The fourth-order valence-electron chi connectivity index (χ4n) is 11.6. The Kier molecular flexibility index (Phi) is 8.16. The lowest BCUT2D eigenvalue weighted by Gasteiger charge is -2.34. The maximum Gasteiger partial charge on any atom is 0.0726 e. The number of para-hydroxylation sites is 1. The van der Waals surface area contributed by atoms with Gasteiger partial charge in [0, 0.05) is 28.3 Å². The summed E-state index contributed by atoms with van der Waals surface area (Å²) in [5, 5.41) is 0. The summed E-state index contributed by atoms with van der Waals surface area (Å²) >= 11 is 0. The van der Waals surface area contributed by atoms with Crippen LogP contribution in [0.5, 0.6) is 0 Å². The molecule has 64 heavy (non-hydrogen) atoms. The molecular weight excluding hydrogens is 771 g/mol. The molecule has 1 spiro atoms. The number of nitrogens with zero attached hydrogens (tertiary/aromatic N) is 1. The molecule has 0 saturated carbocycles. The molecule has 8 aromatic rings. The summed E-state index contributed by atoms with van der Waals surface area (Å²) in [6, 6.07) is 65.8. The van der Waals surface area contributed by atoms with Crippen LogP contribution in [0.2, 0.25) is 0 Å². The highest BCUT2D eigenvalue weighted by atomic mass is 15.1. The lowest BCUT2D eigenvalue weighted by Crippen LogP contribution is -2.27. The van der Waals surface area contributed by atoms with E-state index in [1.807, 2.05) is 0 Å². The summed E-state index contributed by atoms with van der Waals surface area (Å²) in [4.78, 5) is 2.55. The standard InChI is InChI=1S/C63H55N/c1-60(2,3)42-27-31-49-50-32-28-43(61(4,5)6)36-57(50)63(56(49)35-42)55-19-13-10-16-47(55)51-33-29-45(38-58(51)63)64(44-30-34-54-52(37-44)48-17-9-12-18-53(48)62(54,7)8)59-20-14-11-15-46(59)41-25-23-40(24-26-41)39-21-22-39/h9-39H,1-8H3. The number of fused-ring (bicyclic) bond motifs is 13. The van der Waals surface area contributed by atoms with E-state index in [9.17, 15) is 0 Å². The van der Waals surface area contributed by atoms with Gasteiger partial charge < -0.3 is 4.90 Å². The van der Waals surface area contributed by atoms with Crippen molar-refractivity contribution in [2.75, 3.05) is 4.90 Å². The van der Waals surface area contributed by atoms with E-state index in [4.69, 9.17) is 0 Å². The van der Waals surface area contributed by atoms with Crippen LogP contribution >= 0.6 is 0 Å². The number of hydrogen-bond acceptors (Lipinski definition) is 1. The Balaban J connectivity index is 1.14. The molecule has 8 aromatic carbocycles. The van der Waals surface area contributed by atoms with Crippen LogP contribution in [0, 0.1) is 0 Å². The first kappa shape index (κ1) is 38.9. The van der Waals surface area contributed by atoms with Crippen LogP contribution in [0.3, 0.4) is 0 Å². The molecule has 0 saturated heterocycles. The van der Waals surface area contributed by atoms with Crippen molar-refractivity contribution in [3.05, 3.63) is 232 Å². The van der Waals surface area contributed by atoms with Crippen molar-refractivity contribution >= 4 is 17.1 Å². The summed E-state index contributed by atoms with van der Waals surface area (Å²) in [6.07, 6.45) is 4.54. The minimum atomic E-state index is -0.506. The van der Waals surface area contributed by atoms with E-state index in [1.165, 1.54) is 94.6 Å². The van der Waals surface area contributed by atoms with Gasteiger partial charge in [0.1, 0.15) is 0 Å². The number of hydrogen-bond donors (Lipinski definition) is 0. The van der Waals surface area contributed by atoms with Crippen LogP contribution in [0.15, 0.2) is 182 Å². The molecule has 0 amide bonds. The second-order valence-electron chi connectivity index (χ2n) is 21.3. The van der Waals surface area contributed by atoms with Gasteiger partial charge >= 0.3 is 0 Å². The third-order valence-corrected chi connectivity index (χ3v) is 15.1. The van der Waals surface area contributed by atoms with Crippen LogP contribution in [-0.4, -0.2) is 0 Å². The summed E-state index contributed by atoms with van der Waals surface area (Å²) in [6.45, 7) is 18.8. The first-order valence-electron chi connectivity index (χ1n) is 23.2. The van der Waals surface area contributed by atoms with E-state index in [-0.39, 0.29) is 16.2 Å². The Morgan fingerprint density at radius 3 is 1.47 bits per heavy atom. The first-order valence-corrected chi connectivity index (χ1v) is 23.2. The average molecular weight is 826 g/mol. The van der Waals surface area contributed by atoms with Gasteiger partial charge in [0.15, 0.2) is 0 Å². The van der Waals surface area contributed by atoms with Gasteiger partial charge in [0.25, 0.3) is 0 Å². The highest BCUT2D eigenvalue weighted by Gasteiger charge is 2.52. The van der Waals surface area contributed by atoms with Crippen LogP contribution in [0.1, 0.15) is 111 Å². The van der Waals surface area contributed by atoms with E-state index in [2.05, 4.69) is 242 Å². The van der Waals surface area contributed by atoms with Crippen LogP contribution in [-0.2, 0) is 21.7 Å². The molecule has 0 fully saturated rings. The van der Waals surface area contributed by atoms with Gasteiger partial charge in [-0.15, -0.1) is 0 Å². The zero-order valence-electron chi connectivity index (χ0n) is 38.3. The first-order chi connectivity index (χ1) is 30.7. The smallest absolute Gasteiger partial charge is 0.0726 e. The number of benzene rings is 8. The highest BCUT2D eigenvalue weighted by molar-refractivity contribution is 5.98. The van der Waals surface area contributed by atoms with Gasteiger partial charge in [-0.2, -0.15) is 0 Å². The molecule has 0 atom stereocenters. The van der Waals surface area contributed by atoms with E-state index >= 15 is 0 Å². The molecule has 0 aliphatic heterocycles. The number of anilines is 3. The molecular formula is C63H55N. The van der Waals surface area contributed by atoms with Crippen molar-refractivity contribution in [3.63, 3.8) is 0 Å². The molecule has 0 radical (unpaired) electrons. The monoisotopic (exact) mass is 825 g/mol. The van der Waals surface area contributed by atoms with Crippen molar-refractivity contribution < 1.29 is 0 Å². The lowest BCUT2D eigenvalue weighted by atomic mass is 9.68. The second kappa shape index (κ2) is 13.4. The Morgan fingerprint density at radius 1 is 0.391 bits per heavy atom. The SMILES string of the molecule is CC(C)(C)c1ccc2c(c1)C1(c3ccccc3-c3ccc(N(c4ccc5c(c4)-c4ccccc4C5(C)C)c4ccccc4-c4ccc(C5C=C5)cc4)cc31)c1cc(C(C)(C)C)ccc1-2. The predicted octanol–water partition coefficient (Wildman–Crippen LogP) is 16.7. The van der Waals surface area contributed by atoms with Crippen molar-refractivity contribution in [3.8, 4) is 44.5 Å². The summed E-state index contributed by atoms with van der Waals surface area (Å²) in [5.74, 6) is 0.465. The molecule has 1 heteroatoms. The quantitative estimate of drug-likeness (QED) is 0.156. The largest absolute Gasteiger partial charge is 0.310 e. The normalized spacial score (nSPS) is 15.6. The molecule has 4 aliphatic rings. The fraction of sp³-hybridized carbons (Fsp3) is 0.206. The molecule has 312 valence electrons. The number of rotatable bonds is 5. The molecule has 1 nitrogen and oxygen atoms in total. The van der Waals surface area contributed by atoms with Crippen LogP contribution < -0.4 is 4.90 Å². The van der Waals surface area contributed by atoms with Crippen molar-refractivity contribution in [2.24, 2.45) is 0 Å². The van der Waals surface area contributed by atoms with E-state index in [0.717, 1.165) is 17.1 Å². The summed E-state index contributed by atoms with van der Waals surface area (Å²) < 4.78 is 0. The predicted molar refractivity (Wildman–Crippen MR) is 270 cm³/mol. The minimum Gasteiger partial charge on any atom is -0.310 e. The molecule has 0 unspecified atom stereocenters. The van der Waals surface area contributed by atoms with Gasteiger partial charge in [-0.1, -0.05) is 207 Å². The van der Waals surface area contributed by atoms with E-state index in [1.54, 1.807) is 0 Å². The molecule has 4 aliphatic carbocycles. The van der Waals surface area contributed by atoms with Crippen molar-refractivity contribution in [2.45, 2.75) is 83.0 Å². The highest BCUT2D eigenvalue weighted by Crippen LogP contribution is 2.64. The fourth-order valence-corrected chi connectivity index (χ4v) is 11.6. The third-order valence-electron chi connectivity index (χ3n) is 15.1. The van der Waals surface area contributed by atoms with E-state index in [0.29, 0.717) is 5.92 Å². The summed E-state index contributed by atoms with van der Waals surface area (Å²) in [5.41, 5.74) is 25.5. The van der Waals surface area contributed by atoms with Crippen LogP contribution in [0.4, 0.5) is 17.1 Å². The van der Waals surface area contributed by atoms with Gasteiger partial charge in [-0.05, 0) is 130 Å².